The van der Waals surface area contributed by atoms with Crippen LogP contribution >= 0.6 is 0 Å². The number of hydrogen-bond acceptors (Lipinski definition) is 4. The molecule has 0 spiro atoms. The first kappa shape index (κ1) is 20.8. The molecule has 1 aliphatic rings. The van der Waals surface area contributed by atoms with E-state index in [1.165, 1.54) is 19.3 Å². The molecule has 0 bridgehead atoms. The zero-order valence-electron chi connectivity index (χ0n) is 17.2. The van der Waals surface area contributed by atoms with E-state index in [-0.39, 0.29) is 0 Å². The highest BCUT2D eigenvalue weighted by atomic mass is 16.1. The highest BCUT2D eigenvalue weighted by Crippen LogP contribution is 2.26. The monoisotopic (exact) mass is 393 g/mol. The minimum Gasteiger partial charge on any atom is -0.398 e. The Morgan fingerprint density at radius 2 is 2.21 bits per heavy atom. The van der Waals surface area contributed by atoms with Crippen LogP contribution in [0, 0.1) is 0 Å². The van der Waals surface area contributed by atoms with Crippen LogP contribution in [0.5, 0.6) is 0 Å². The van der Waals surface area contributed by atoms with Crippen LogP contribution in [0.1, 0.15) is 63.1 Å². The van der Waals surface area contributed by atoms with Gasteiger partial charge in [0.05, 0.1) is 11.7 Å². The number of carbonyl (C=O) groups is 1. The lowest BCUT2D eigenvalue weighted by atomic mass is 9.94. The molecule has 154 valence electrons. The molecule has 0 radical (unpaired) electrons. The lowest BCUT2D eigenvalue weighted by Crippen LogP contribution is -2.21. The number of rotatable bonds is 9. The van der Waals surface area contributed by atoms with E-state index in [1.807, 2.05) is 28.9 Å². The highest BCUT2D eigenvalue weighted by molar-refractivity contribution is 6.07. The summed E-state index contributed by atoms with van der Waals surface area (Å²) in [4.78, 5) is 20.5. The molecule has 2 aromatic rings. The van der Waals surface area contributed by atoms with Gasteiger partial charge in [-0.2, -0.15) is 0 Å². The van der Waals surface area contributed by atoms with E-state index < -0.39 is 0 Å². The van der Waals surface area contributed by atoms with Gasteiger partial charge in [-0.25, -0.2) is 4.98 Å². The smallest absolute Gasteiger partial charge is 0.207 e. The van der Waals surface area contributed by atoms with Gasteiger partial charge in [0.1, 0.15) is 5.65 Å². The fourth-order valence-electron chi connectivity index (χ4n) is 4.03. The molecule has 0 aromatic carbocycles. The maximum atomic E-state index is 10.7. The number of hydrogen-bond donors (Lipinski definition) is 2. The quantitative estimate of drug-likeness (QED) is 0.384. The summed E-state index contributed by atoms with van der Waals surface area (Å²) in [5, 5.41) is 2.76. The van der Waals surface area contributed by atoms with Crippen molar-refractivity contribution in [3.63, 3.8) is 0 Å². The zero-order valence-corrected chi connectivity index (χ0v) is 17.2. The first-order chi connectivity index (χ1) is 14.2. The van der Waals surface area contributed by atoms with E-state index in [0.29, 0.717) is 24.7 Å². The molecule has 0 atom stereocenters. The third kappa shape index (κ3) is 4.94. The molecular weight excluding hydrogens is 362 g/mol. The van der Waals surface area contributed by atoms with Crippen molar-refractivity contribution in [2.45, 2.75) is 57.9 Å². The maximum Gasteiger partial charge on any atom is 0.207 e. The van der Waals surface area contributed by atoms with Crippen LogP contribution < -0.4 is 11.1 Å². The molecule has 3 rings (SSSR count). The highest BCUT2D eigenvalue weighted by Gasteiger charge is 2.18. The summed E-state index contributed by atoms with van der Waals surface area (Å²) in [5.41, 5.74) is 12.0. The van der Waals surface area contributed by atoms with E-state index in [4.69, 9.17) is 10.7 Å². The summed E-state index contributed by atoms with van der Waals surface area (Å²) >= 11 is 0. The molecule has 6 nitrogen and oxygen atoms in total. The van der Waals surface area contributed by atoms with E-state index in [1.54, 1.807) is 6.08 Å². The van der Waals surface area contributed by atoms with Crippen molar-refractivity contribution in [3.8, 4) is 0 Å². The Bertz CT molecular complexity index is 918. The molecule has 0 aliphatic heterocycles. The first-order valence-corrected chi connectivity index (χ1v) is 10.5. The van der Waals surface area contributed by atoms with Crippen molar-refractivity contribution >= 4 is 29.5 Å². The van der Waals surface area contributed by atoms with Crippen molar-refractivity contribution in [3.05, 3.63) is 47.9 Å². The topological polar surface area (TPSA) is 84.8 Å². The normalized spacial score (nSPS) is 16.5. The van der Waals surface area contributed by atoms with E-state index in [2.05, 4.69) is 23.8 Å². The van der Waals surface area contributed by atoms with Crippen LogP contribution in [-0.4, -0.2) is 34.1 Å². The van der Waals surface area contributed by atoms with E-state index in [0.717, 1.165) is 53.9 Å². The fourth-order valence-corrected chi connectivity index (χ4v) is 4.03. The number of pyridine rings is 1. The lowest BCUT2D eigenvalue weighted by Gasteiger charge is -2.21. The summed E-state index contributed by atoms with van der Waals surface area (Å²) in [6.07, 6.45) is 13.8. The number of nitrogens with zero attached hydrogens (tertiary/aromatic N) is 3. The number of amides is 1. The zero-order chi connectivity index (χ0) is 20.6. The second-order valence-corrected chi connectivity index (χ2v) is 7.46. The van der Waals surface area contributed by atoms with Crippen molar-refractivity contribution < 1.29 is 4.79 Å². The molecule has 6 heteroatoms. The van der Waals surface area contributed by atoms with Crippen molar-refractivity contribution in [1.82, 2.24) is 14.7 Å². The molecule has 0 saturated heterocycles. The molecule has 29 heavy (non-hydrogen) atoms. The van der Waals surface area contributed by atoms with Gasteiger partial charge in [-0.3, -0.25) is 9.79 Å². The average molecular weight is 394 g/mol. The second kappa shape index (κ2) is 10.0. The predicted molar refractivity (Wildman–Crippen MR) is 120 cm³/mol. The molecule has 1 amide bonds. The van der Waals surface area contributed by atoms with Crippen LogP contribution in [-0.2, 0) is 4.79 Å². The second-order valence-electron chi connectivity index (χ2n) is 7.46. The minimum atomic E-state index is 0.346. The van der Waals surface area contributed by atoms with Gasteiger partial charge in [0.25, 0.3) is 0 Å². The number of aromatic nitrogens is 2. The summed E-state index contributed by atoms with van der Waals surface area (Å²) in [5.74, 6) is 0. The van der Waals surface area contributed by atoms with Crippen LogP contribution in [0.4, 0.5) is 0 Å². The van der Waals surface area contributed by atoms with Gasteiger partial charge in [0.2, 0.25) is 6.41 Å². The largest absolute Gasteiger partial charge is 0.398 e. The average Bonchev–Trinajstić information content (AvgIpc) is 3.18. The van der Waals surface area contributed by atoms with Gasteiger partial charge in [-0.1, -0.05) is 32.8 Å². The van der Waals surface area contributed by atoms with E-state index >= 15 is 0 Å². The molecule has 3 N–H and O–H groups in total. The molecule has 0 unspecified atom stereocenters. The Kier molecular flexibility index (Phi) is 7.22. The lowest BCUT2D eigenvalue weighted by molar-refractivity contribution is -0.109. The van der Waals surface area contributed by atoms with Gasteiger partial charge >= 0.3 is 0 Å². The van der Waals surface area contributed by atoms with Crippen molar-refractivity contribution in [2.24, 2.45) is 10.7 Å². The molecule has 2 aromatic heterocycles. The minimum absolute atomic E-state index is 0.346. The Balaban J connectivity index is 2.04. The predicted octanol–water partition coefficient (Wildman–Crippen LogP) is 3.97. The summed E-state index contributed by atoms with van der Waals surface area (Å²) in [7, 11) is 0. The Morgan fingerprint density at radius 3 is 2.90 bits per heavy atom. The number of allylic oxidation sites excluding steroid dienone is 1. The number of aliphatic imine (C=N–C) groups is 1. The third-order valence-electron chi connectivity index (χ3n) is 5.53. The van der Waals surface area contributed by atoms with Crippen LogP contribution in [0.3, 0.4) is 0 Å². The van der Waals surface area contributed by atoms with Crippen LogP contribution in [0.25, 0.3) is 17.4 Å². The summed E-state index contributed by atoms with van der Waals surface area (Å²) in [6.45, 7) is 6.47. The maximum absolute atomic E-state index is 10.7. The van der Waals surface area contributed by atoms with E-state index in [9.17, 15) is 4.79 Å². The Hall–Kier alpha value is -2.89. The summed E-state index contributed by atoms with van der Waals surface area (Å²) < 4.78 is 1.97. The van der Waals surface area contributed by atoms with Gasteiger partial charge in [0.15, 0.2) is 0 Å². The van der Waals surface area contributed by atoms with Gasteiger partial charge in [0, 0.05) is 42.3 Å². The van der Waals surface area contributed by atoms with Gasteiger partial charge in [-0.15, -0.1) is 0 Å². The Labute approximate surface area is 172 Å². The van der Waals surface area contributed by atoms with Crippen molar-refractivity contribution in [1.29, 1.82) is 0 Å². The molecule has 1 aliphatic carbocycles. The van der Waals surface area contributed by atoms with Crippen LogP contribution in [0.15, 0.2) is 41.7 Å². The third-order valence-corrected chi connectivity index (χ3v) is 5.53. The number of nitrogens with one attached hydrogen (secondary N) is 1. The SMILES string of the molecule is C=Cc1cn2cccc(C(N)=C(CC)C(CCNC=O)=NC3CCCCC3)c2n1. The standard InChI is InChI=1S/C23H31N5O/c1-3-17-15-28-14-8-11-20(23(28)27-17)22(24)19(4-2)21(12-13-25-16-29)26-18-9-6-5-7-10-18/h3,8,11,14-16,18H,1,4-7,9-10,12-13,24H2,2H3,(H,25,29). The molecule has 1 fully saturated rings. The molecular formula is C23H31N5O. The molecule has 1 saturated carbocycles. The number of carbonyl (C=O) groups excluding carboxylic acids is 1. The van der Waals surface area contributed by atoms with Crippen molar-refractivity contribution in [2.75, 3.05) is 6.54 Å². The number of nitrogens with two attached hydrogens (primary N) is 1. The number of imidazole rings is 1. The van der Waals surface area contributed by atoms with Gasteiger partial charge in [-0.05, 0) is 43.0 Å². The van der Waals surface area contributed by atoms with Gasteiger partial charge < -0.3 is 15.5 Å². The first-order valence-electron chi connectivity index (χ1n) is 10.5. The summed E-state index contributed by atoms with van der Waals surface area (Å²) in [6, 6.07) is 4.32. The number of fused-ring (bicyclic) bond motifs is 1. The fraction of sp³-hybridized carbons (Fsp3) is 0.435. The Morgan fingerprint density at radius 1 is 1.41 bits per heavy atom. The van der Waals surface area contributed by atoms with Crippen LogP contribution in [0.2, 0.25) is 0 Å². The molecule has 2 heterocycles.